The van der Waals surface area contributed by atoms with Crippen LogP contribution in [0.2, 0.25) is 0 Å². The van der Waals surface area contributed by atoms with Gasteiger partial charge in [-0.05, 0) is 68.0 Å². The number of ether oxygens (including phenoxy) is 1. The maximum Gasteiger partial charge on any atom is 0.319 e. The Kier molecular flexibility index (Phi) is 9.01. The van der Waals surface area contributed by atoms with Gasteiger partial charge in [0.05, 0.1) is 37.1 Å². The van der Waals surface area contributed by atoms with Crippen LogP contribution < -0.4 is 15.5 Å². The number of hydrogen-bond donors (Lipinski definition) is 2. The van der Waals surface area contributed by atoms with E-state index in [0.29, 0.717) is 56.3 Å². The lowest BCUT2D eigenvalue weighted by atomic mass is 9.91. The summed E-state index contributed by atoms with van der Waals surface area (Å²) < 4.78 is 5.70. The Morgan fingerprint density at radius 1 is 1.10 bits per heavy atom. The lowest BCUT2D eigenvalue weighted by Gasteiger charge is -2.37. The van der Waals surface area contributed by atoms with Gasteiger partial charge in [-0.3, -0.25) is 9.78 Å². The number of benzene rings is 1. The van der Waals surface area contributed by atoms with Crippen LogP contribution in [0.4, 0.5) is 16.3 Å². The maximum atomic E-state index is 13.2. The van der Waals surface area contributed by atoms with Crippen LogP contribution in [0, 0.1) is 5.41 Å². The molecule has 2 N–H and O–H groups in total. The number of nitrogens with one attached hydrogen (secondary N) is 2. The van der Waals surface area contributed by atoms with E-state index in [2.05, 4.69) is 48.2 Å². The summed E-state index contributed by atoms with van der Waals surface area (Å²) in [6, 6.07) is 11.1. The number of anilines is 2. The number of pyridine rings is 1. The second kappa shape index (κ2) is 12.9. The molecular weight excluding hydrogens is 530 g/mol. The molecule has 1 aromatic carbocycles. The third-order valence-electron chi connectivity index (χ3n) is 7.67. The van der Waals surface area contributed by atoms with Crippen molar-refractivity contribution < 1.29 is 14.3 Å². The van der Waals surface area contributed by atoms with Gasteiger partial charge < -0.3 is 25.2 Å². The van der Waals surface area contributed by atoms with Crippen molar-refractivity contribution in [3.63, 3.8) is 0 Å². The fraction of sp³-hybridized carbons (Fsp3) is 0.469. The lowest BCUT2D eigenvalue weighted by molar-refractivity contribution is 0.0731. The topological polar surface area (TPSA) is 113 Å². The molecular formula is C32H41N7O3. The minimum absolute atomic E-state index is 0.0534. The average Bonchev–Trinajstić information content (AvgIpc) is 2.99. The van der Waals surface area contributed by atoms with Crippen molar-refractivity contribution >= 4 is 23.4 Å². The monoisotopic (exact) mass is 571 g/mol. The summed E-state index contributed by atoms with van der Waals surface area (Å²) in [4.78, 5) is 43.9. The Bertz CT molecular complexity index is 1390. The summed E-state index contributed by atoms with van der Waals surface area (Å²) in [5, 5.41) is 5.84. The molecule has 10 heteroatoms. The van der Waals surface area contributed by atoms with Gasteiger partial charge in [0.25, 0.3) is 5.91 Å². The first kappa shape index (κ1) is 29.4. The smallest absolute Gasteiger partial charge is 0.319 e. The van der Waals surface area contributed by atoms with E-state index in [4.69, 9.17) is 14.7 Å². The minimum atomic E-state index is -0.219. The molecule has 3 amide bonds. The van der Waals surface area contributed by atoms with E-state index in [0.717, 1.165) is 42.0 Å². The van der Waals surface area contributed by atoms with E-state index >= 15 is 0 Å². The first-order valence-corrected chi connectivity index (χ1v) is 14.8. The number of carbonyl (C=O) groups excluding carboxylic acids is 2. The number of aromatic nitrogens is 3. The maximum absolute atomic E-state index is 13.2. The molecule has 5 rings (SSSR count). The van der Waals surface area contributed by atoms with Gasteiger partial charge in [-0.1, -0.05) is 20.8 Å². The van der Waals surface area contributed by atoms with Gasteiger partial charge in [0.15, 0.2) is 5.82 Å². The molecule has 2 aliphatic rings. The number of fused-ring (bicyclic) bond motifs is 1. The van der Waals surface area contributed by atoms with Gasteiger partial charge in [-0.25, -0.2) is 14.8 Å². The van der Waals surface area contributed by atoms with Gasteiger partial charge in [0, 0.05) is 48.8 Å². The van der Waals surface area contributed by atoms with E-state index in [1.165, 1.54) is 0 Å². The highest BCUT2D eigenvalue weighted by Gasteiger charge is 2.30. The highest BCUT2D eigenvalue weighted by Crippen LogP contribution is 2.32. The molecule has 2 aliphatic heterocycles. The van der Waals surface area contributed by atoms with E-state index < -0.39 is 0 Å². The van der Waals surface area contributed by atoms with Crippen LogP contribution in [0.15, 0.2) is 48.8 Å². The van der Waals surface area contributed by atoms with Gasteiger partial charge >= 0.3 is 6.03 Å². The molecule has 3 aromatic rings. The predicted molar refractivity (Wildman–Crippen MR) is 163 cm³/mol. The molecule has 4 heterocycles. The standard InChI is InChI=1S/C32H41N7O3/c1-22-21-42-18-17-39(22)29-26-12-16-38(30(40)24-7-5-14-33-19-24)20-27(26)36-28(37-29)23-8-10-25(11-9-23)35-31(41)34-15-6-13-32(2,3)4/h5,7-11,14,19,22H,6,12-13,15-18,20-21H2,1-4H3,(H2,34,35,41). The molecule has 1 saturated heterocycles. The molecule has 0 spiro atoms. The van der Waals surface area contributed by atoms with Crippen LogP contribution in [0.25, 0.3) is 11.4 Å². The summed E-state index contributed by atoms with van der Waals surface area (Å²) in [6.07, 6.45) is 5.92. The second-order valence-corrected chi connectivity index (χ2v) is 12.3. The first-order chi connectivity index (χ1) is 20.2. The van der Waals surface area contributed by atoms with Gasteiger partial charge in [-0.15, -0.1) is 0 Å². The molecule has 0 radical (unpaired) electrons. The third kappa shape index (κ3) is 7.23. The third-order valence-corrected chi connectivity index (χ3v) is 7.67. The summed E-state index contributed by atoms with van der Waals surface area (Å²) in [6.45, 7) is 12.4. The first-order valence-electron chi connectivity index (χ1n) is 14.8. The Hall–Kier alpha value is -4.05. The lowest BCUT2D eigenvalue weighted by Crippen LogP contribution is -2.45. The van der Waals surface area contributed by atoms with Crippen molar-refractivity contribution in [1.82, 2.24) is 25.2 Å². The van der Waals surface area contributed by atoms with Crippen LogP contribution in [-0.4, -0.2) is 70.7 Å². The van der Waals surface area contributed by atoms with E-state index in [1.54, 1.807) is 24.5 Å². The number of hydrogen-bond acceptors (Lipinski definition) is 7. The summed E-state index contributed by atoms with van der Waals surface area (Å²) >= 11 is 0. The van der Waals surface area contributed by atoms with Crippen molar-refractivity contribution in [3.8, 4) is 11.4 Å². The molecule has 1 fully saturated rings. The molecule has 10 nitrogen and oxygen atoms in total. The van der Waals surface area contributed by atoms with E-state index in [-0.39, 0.29) is 23.4 Å². The molecule has 0 saturated carbocycles. The zero-order valence-electron chi connectivity index (χ0n) is 25.0. The molecule has 1 atom stereocenters. The Labute approximate surface area is 247 Å². The van der Waals surface area contributed by atoms with Crippen molar-refractivity contribution in [3.05, 3.63) is 65.6 Å². The normalized spacial score (nSPS) is 17.0. The SMILES string of the molecule is CC1COCCN1c1nc(-c2ccc(NC(=O)NCCCC(C)(C)C)cc2)nc2c1CCN(C(=O)c1cccnc1)C2. The van der Waals surface area contributed by atoms with Crippen LogP contribution in [-0.2, 0) is 17.7 Å². The average molecular weight is 572 g/mol. The van der Waals surface area contributed by atoms with E-state index in [9.17, 15) is 9.59 Å². The van der Waals surface area contributed by atoms with Crippen molar-refractivity contribution in [2.24, 2.45) is 5.41 Å². The fourth-order valence-corrected chi connectivity index (χ4v) is 5.36. The zero-order chi connectivity index (χ0) is 29.7. The Balaban J connectivity index is 1.35. The number of nitrogens with zero attached hydrogens (tertiary/aromatic N) is 5. The van der Waals surface area contributed by atoms with E-state index in [1.807, 2.05) is 29.2 Å². The van der Waals surface area contributed by atoms with Gasteiger partial charge in [0.1, 0.15) is 5.82 Å². The number of carbonyl (C=O) groups is 2. The van der Waals surface area contributed by atoms with Crippen LogP contribution in [0.5, 0.6) is 0 Å². The number of rotatable bonds is 7. The predicted octanol–water partition coefficient (Wildman–Crippen LogP) is 4.91. The number of morpholine rings is 1. The molecule has 2 aromatic heterocycles. The van der Waals surface area contributed by atoms with Crippen molar-refractivity contribution in [1.29, 1.82) is 0 Å². The fourth-order valence-electron chi connectivity index (χ4n) is 5.36. The summed E-state index contributed by atoms with van der Waals surface area (Å²) in [7, 11) is 0. The summed E-state index contributed by atoms with van der Waals surface area (Å²) in [5.41, 5.74) is 4.29. The van der Waals surface area contributed by atoms with Gasteiger partial charge in [-0.2, -0.15) is 0 Å². The molecule has 222 valence electrons. The Morgan fingerprint density at radius 2 is 1.90 bits per heavy atom. The van der Waals surface area contributed by atoms with Crippen LogP contribution in [0.1, 0.15) is 62.2 Å². The molecule has 1 unspecified atom stereocenters. The molecule has 42 heavy (non-hydrogen) atoms. The molecule has 0 aliphatic carbocycles. The highest BCUT2D eigenvalue weighted by atomic mass is 16.5. The van der Waals surface area contributed by atoms with Crippen LogP contribution >= 0.6 is 0 Å². The summed E-state index contributed by atoms with van der Waals surface area (Å²) in [5.74, 6) is 1.45. The Morgan fingerprint density at radius 3 is 2.62 bits per heavy atom. The quantitative estimate of drug-likeness (QED) is 0.388. The number of amides is 3. The van der Waals surface area contributed by atoms with Gasteiger partial charge in [0.2, 0.25) is 0 Å². The minimum Gasteiger partial charge on any atom is -0.377 e. The van der Waals surface area contributed by atoms with Crippen LogP contribution in [0.3, 0.4) is 0 Å². The number of urea groups is 1. The largest absolute Gasteiger partial charge is 0.377 e. The highest BCUT2D eigenvalue weighted by molar-refractivity contribution is 5.94. The second-order valence-electron chi connectivity index (χ2n) is 12.3. The zero-order valence-corrected chi connectivity index (χ0v) is 25.0. The van der Waals surface area contributed by atoms with Crippen molar-refractivity contribution in [2.45, 2.75) is 59.5 Å². The molecule has 0 bridgehead atoms. The van der Waals surface area contributed by atoms with Crippen molar-refractivity contribution in [2.75, 3.05) is 43.1 Å².